The van der Waals surface area contributed by atoms with Gasteiger partial charge in [-0.3, -0.25) is 9.59 Å². The zero-order valence-electron chi connectivity index (χ0n) is 25.4. The van der Waals surface area contributed by atoms with Gasteiger partial charge in [-0.15, -0.1) is 0 Å². The third-order valence-electron chi connectivity index (χ3n) is 8.02. The molecule has 2 amide bonds. The number of hydrogen-bond donors (Lipinski definition) is 2. The van der Waals surface area contributed by atoms with Gasteiger partial charge in [-0.05, 0) is 117 Å². The van der Waals surface area contributed by atoms with E-state index in [1.807, 2.05) is 0 Å². The van der Waals surface area contributed by atoms with Gasteiger partial charge in [0.25, 0.3) is 5.91 Å². The maximum absolute atomic E-state index is 13.7. The highest BCUT2D eigenvalue weighted by atomic mass is 19.1. The van der Waals surface area contributed by atoms with Crippen molar-refractivity contribution in [2.24, 2.45) is 0 Å². The van der Waals surface area contributed by atoms with Gasteiger partial charge < -0.3 is 15.4 Å². The highest BCUT2D eigenvalue weighted by Gasteiger charge is 2.45. The van der Waals surface area contributed by atoms with Gasteiger partial charge >= 0.3 is 5.97 Å². The second-order valence-electron chi connectivity index (χ2n) is 11.2. The monoisotopic (exact) mass is 632 g/mol. The molecule has 0 atom stereocenters. The fourth-order valence-electron chi connectivity index (χ4n) is 5.33. The lowest BCUT2D eigenvalue weighted by Gasteiger charge is -2.40. The summed E-state index contributed by atoms with van der Waals surface area (Å²) in [6.45, 7) is 2.02. The second-order valence-corrected chi connectivity index (χ2v) is 11.2. The third-order valence-corrected chi connectivity index (χ3v) is 8.02. The first-order chi connectivity index (χ1) is 22.7. The van der Waals surface area contributed by atoms with Crippen LogP contribution in [0, 0.1) is 11.6 Å². The van der Waals surface area contributed by atoms with Crippen LogP contribution >= 0.6 is 0 Å². The largest absolute Gasteiger partial charge is 0.463 e. The van der Waals surface area contributed by atoms with Gasteiger partial charge in [-0.1, -0.05) is 12.1 Å². The Balaban J connectivity index is 1.23. The van der Waals surface area contributed by atoms with Crippen molar-refractivity contribution in [3.05, 3.63) is 120 Å². The number of halogens is 2. The fourth-order valence-corrected chi connectivity index (χ4v) is 5.33. The van der Waals surface area contributed by atoms with E-state index < -0.39 is 29.0 Å². The Bertz CT molecular complexity index is 1990. The Morgan fingerprint density at radius 3 is 1.96 bits per heavy atom. The standard InChI is InChI=1S/C37H30F2N4O4/c1-2-47-32(44)19-6-23-4-16-29(17-5-23)40-36(46)37(20-3-21-37)43-35(45)26-11-18-30-31(22-26)42-34(25-9-14-28(39)15-10-25)33(41-30)24-7-12-27(38)13-8-24/h4-19,22H,2-3,20-21H2,1H3,(H,40,46)(H,43,45)/b19-6+. The van der Waals surface area contributed by atoms with E-state index in [-0.39, 0.29) is 5.91 Å². The van der Waals surface area contributed by atoms with Crippen LogP contribution in [-0.4, -0.2) is 39.9 Å². The summed E-state index contributed by atoms with van der Waals surface area (Å²) in [5.41, 5.74) is 3.61. The first-order valence-corrected chi connectivity index (χ1v) is 15.2. The summed E-state index contributed by atoms with van der Waals surface area (Å²) >= 11 is 0. The Hall–Kier alpha value is -5.77. The lowest BCUT2D eigenvalue weighted by molar-refractivity contribution is -0.137. The topological polar surface area (TPSA) is 110 Å². The molecule has 2 N–H and O–H groups in total. The van der Waals surface area contributed by atoms with Gasteiger partial charge in [-0.25, -0.2) is 23.5 Å². The molecule has 10 heteroatoms. The van der Waals surface area contributed by atoms with Crippen LogP contribution in [0.1, 0.15) is 42.1 Å². The molecule has 1 saturated carbocycles. The molecule has 1 aliphatic carbocycles. The van der Waals surface area contributed by atoms with Crippen molar-refractivity contribution in [3.8, 4) is 22.5 Å². The van der Waals surface area contributed by atoms with Crippen molar-refractivity contribution in [2.45, 2.75) is 31.7 Å². The number of fused-ring (bicyclic) bond motifs is 1. The Kier molecular flexibility index (Phi) is 8.83. The van der Waals surface area contributed by atoms with E-state index in [1.165, 1.54) is 30.3 Å². The summed E-state index contributed by atoms with van der Waals surface area (Å²) < 4.78 is 32.3. The van der Waals surface area contributed by atoms with Crippen LogP contribution < -0.4 is 10.6 Å². The molecule has 236 valence electrons. The van der Waals surface area contributed by atoms with Crippen LogP contribution in [0.5, 0.6) is 0 Å². The Morgan fingerprint density at radius 2 is 1.40 bits per heavy atom. The van der Waals surface area contributed by atoms with E-state index in [2.05, 4.69) is 10.6 Å². The molecule has 0 bridgehead atoms. The highest BCUT2D eigenvalue weighted by Crippen LogP contribution is 2.35. The summed E-state index contributed by atoms with van der Waals surface area (Å²) in [5, 5.41) is 5.84. The zero-order valence-corrected chi connectivity index (χ0v) is 25.4. The number of amides is 2. The molecule has 47 heavy (non-hydrogen) atoms. The minimum Gasteiger partial charge on any atom is -0.463 e. The van der Waals surface area contributed by atoms with E-state index in [4.69, 9.17) is 14.7 Å². The van der Waals surface area contributed by atoms with Crippen molar-refractivity contribution in [3.63, 3.8) is 0 Å². The van der Waals surface area contributed by atoms with Crippen molar-refractivity contribution < 1.29 is 27.9 Å². The lowest BCUT2D eigenvalue weighted by Crippen LogP contribution is -2.61. The van der Waals surface area contributed by atoms with Crippen molar-refractivity contribution in [1.82, 2.24) is 15.3 Å². The first-order valence-electron chi connectivity index (χ1n) is 15.2. The average Bonchev–Trinajstić information content (AvgIpc) is 3.06. The summed E-state index contributed by atoms with van der Waals surface area (Å²) in [4.78, 5) is 48.1. The molecule has 5 aromatic rings. The van der Waals surface area contributed by atoms with E-state index in [1.54, 1.807) is 79.7 Å². The molecule has 0 aliphatic heterocycles. The number of nitrogens with one attached hydrogen (secondary N) is 2. The van der Waals surface area contributed by atoms with E-state index in [0.717, 1.165) is 12.0 Å². The first kappa shape index (κ1) is 31.2. The molecule has 1 aliphatic rings. The number of anilines is 1. The number of benzene rings is 4. The van der Waals surface area contributed by atoms with Gasteiger partial charge in [-0.2, -0.15) is 0 Å². The third kappa shape index (κ3) is 6.91. The molecular weight excluding hydrogens is 602 g/mol. The molecule has 0 unspecified atom stereocenters. The van der Waals surface area contributed by atoms with Crippen LogP contribution in [0.4, 0.5) is 14.5 Å². The maximum atomic E-state index is 13.7. The molecule has 4 aromatic carbocycles. The molecule has 0 spiro atoms. The van der Waals surface area contributed by atoms with Crippen LogP contribution in [0.3, 0.4) is 0 Å². The Morgan fingerprint density at radius 1 is 0.809 bits per heavy atom. The minimum atomic E-state index is -1.08. The number of carbonyl (C=O) groups is 3. The number of hydrogen-bond acceptors (Lipinski definition) is 6. The molecule has 1 aromatic heterocycles. The van der Waals surface area contributed by atoms with Crippen molar-refractivity contribution in [2.75, 3.05) is 11.9 Å². The molecule has 0 saturated heterocycles. The van der Waals surface area contributed by atoms with Gasteiger partial charge in [0.1, 0.15) is 17.2 Å². The predicted octanol–water partition coefficient (Wildman–Crippen LogP) is 7.11. The quantitative estimate of drug-likeness (QED) is 0.132. The molecule has 6 rings (SSSR count). The maximum Gasteiger partial charge on any atom is 0.330 e. The summed E-state index contributed by atoms with van der Waals surface area (Å²) in [5.74, 6) is -1.99. The van der Waals surface area contributed by atoms with Crippen LogP contribution in [0.25, 0.3) is 39.6 Å². The zero-order chi connectivity index (χ0) is 33.0. The van der Waals surface area contributed by atoms with E-state index in [0.29, 0.717) is 64.2 Å². The number of ether oxygens (including phenoxy) is 1. The fraction of sp³-hybridized carbons (Fsp3) is 0.162. The van der Waals surface area contributed by atoms with Crippen LogP contribution in [0.15, 0.2) is 97.1 Å². The summed E-state index contributed by atoms with van der Waals surface area (Å²) in [6.07, 6.45) is 4.70. The summed E-state index contributed by atoms with van der Waals surface area (Å²) in [6, 6.07) is 23.5. The second kappa shape index (κ2) is 13.3. The average molecular weight is 633 g/mol. The number of rotatable bonds is 9. The van der Waals surface area contributed by atoms with Crippen molar-refractivity contribution in [1.29, 1.82) is 0 Å². The molecular formula is C37H30F2N4O4. The number of aromatic nitrogens is 2. The molecule has 1 heterocycles. The van der Waals surface area contributed by atoms with Crippen LogP contribution in [-0.2, 0) is 14.3 Å². The normalized spacial score (nSPS) is 13.6. The highest BCUT2D eigenvalue weighted by molar-refractivity contribution is 6.05. The van der Waals surface area contributed by atoms with Gasteiger partial charge in [0.2, 0.25) is 5.91 Å². The lowest BCUT2D eigenvalue weighted by atomic mass is 9.75. The number of esters is 1. The Labute approximate surface area is 269 Å². The van der Waals surface area contributed by atoms with Gasteiger partial charge in [0.05, 0.1) is 29.0 Å². The minimum absolute atomic E-state index is 0.291. The molecule has 1 fully saturated rings. The van der Waals surface area contributed by atoms with Crippen LogP contribution in [0.2, 0.25) is 0 Å². The molecule has 0 radical (unpaired) electrons. The van der Waals surface area contributed by atoms with Gasteiger partial charge in [0, 0.05) is 28.5 Å². The van der Waals surface area contributed by atoms with E-state index in [9.17, 15) is 23.2 Å². The number of nitrogens with zero attached hydrogens (tertiary/aromatic N) is 2. The van der Waals surface area contributed by atoms with Crippen molar-refractivity contribution >= 4 is 40.6 Å². The summed E-state index contributed by atoms with van der Waals surface area (Å²) in [7, 11) is 0. The molecule has 8 nitrogen and oxygen atoms in total. The van der Waals surface area contributed by atoms with Gasteiger partial charge in [0.15, 0.2) is 0 Å². The predicted molar refractivity (Wildman–Crippen MR) is 175 cm³/mol. The number of carbonyl (C=O) groups excluding carboxylic acids is 3. The smallest absolute Gasteiger partial charge is 0.330 e. The van der Waals surface area contributed by atoms with E-state index >= 15 is 0 Å². The SMILES string of the molecule is CCOC(=O)/C=C/c1ccc(NC(=O)C2(NC(=O)c3ccc4nc(-c5ccc(F)cc5)c(-c5ccc(F)cc5)nc4c3)CCC2)cc1.